The minimum Gasteiger partial charge on any atom is -0.494 e. The van der Waals surface area contributed by atoms with Crippen molar-refractivity contribution in [2.75, 3.05) is 0 Å². The molecular weight excluding hydrogens is 314 g/mol. The second-order valence-electron chi connectivity index (χ2n) is 4.79. The summed E-state index contributed by atoms with van der Waals surface area (Å²) in [4.78, 5) is 16.4. The molecule has 0 saturated carbocycles. The first-order valence-corrected chi connectivity index (χ1v) is 7.14. The molecule has 0 radical (unpaired) electrons. The summed E-state index contributed by atoms with van der Waals surface area (Å²) < 4.78 is 1.09. The number of nitriles is 1. The summed E-state index contributed by atoms with van der Waals surface area (Å²) in [6.45, 7) is 5.24. The second-order valence-corrected chi connectivity index (χ2v) is 5.22. The maximum atomic E-state index is 12.2. The van der Waals surface area contributed by atoms with Crippen LogP contribution in [-0.4, -0.2) is 15.9 Å². The average molecular weight is 328 g/mol. The number of hydrogen-bond acceptors (Lipinski definition) is 4. The minimum atomic E-state index is -0.550. The van der Waals surface area contributed by atoms with Crippen LogP contribution in [0.1, 0.15) is 16.7 Å². The Kier molecular flexibility index (Phi) is 4.99. The average Bonchev–Trinajstić information content (AvgIpc) is 2.53. The highest BCUT2D eigenvalue weighted by molar-refractivity contribution is 6.30. The zero-order chi connectivity index (χ0) is 17.0. The van der Waals surface area contributed by atoms with E-state index in [1.165, 1.54) is 12.3 Å². The number of aromatic nitrogens is 1. The van der Waals surface area contributed by atoms with Crippen molar-refractivity contribution in [3.8, 4) is 11.9 Å². The van der Waals surface area contributed by atoms with Gasteiger partial charge in [-0.05, 0) is 36.8 Å². The molecule has 1 aromatic heterocycles. The van der Waals surface area contributed by atoms with E-state index in [9.17, 15) is 15.2 Å². The van der Waals surface area contributed by atoms with Gasteiger partial charge in [0.15, 0.2) is 0 Å². The van der Waals surface area contributed by atoms with Crippen LogP contribution in [0.4, 0.5) is 5.69 Å². The van der Waals surface area contributed by atoms with E-state index in [0.29, 0.717) is 21.8 Å². The number of allylic oxidation sites excluding steroid dienone is 1. The van der Waals surface area contributed by atoms with Crippen LogP contribution >= 0.6 is 11.6 Å². The van der Waals surface area contributed by atoms with Crippen LogP contribution in [-0.2, 0) is 6.54 Å². The topological polar surface area (TPSA) is 78.4 Å². The molecule has 0 amide bonds. The van der Waals surface area contributed by atoms with Gasteiger partial charge in [0.1, 0.15) is 11.6 Å². The van der Waals surface area contributed by atoms with E-state index in [-0.39, 0.29) is 18.0 Å². The highest BCUT2D eigenvalue weighted by atomic mass is 35.5. The fourth-order valence-corrected chi connectivity index (χ4v) is 2.22. The normalized spacial score (nSPS) is 10.7. The molecule has 116 valence electrons. The fraction of sp³-hybridized carbons (Fsp3) is 0.118. The van der Waals surface area contributed by atoms with Crippen LogP contribution in [0.3, 0.4) is 0 Å². The lowest BCUT2D eigenvalue weighted by Crippen LogP contribution is -2.24. The molecule has 0 bridgehead atoms. The number of nitrogens with zero attached hydrogens (tertiary/aromatic N) is 3. The maximum absolute atomic E-state index is 12.2. The summed E-state index contributed by atoms with van der Waals surface area (Å²) in [6, 6.07) is 8.70. The van der Waals surface area contributed by atoms with Gasteiger partial charge in [-0.3, -0.25) is 14.4 Å². The van der Waals surface area contributed by atoms with Gasteiger partial charge in [0, 0.05) is 17.8 Å². The van der Waals surface area contributed by atoms with E-state index in [4.69, 9.17) is 11.6 Å². The van der Waals surface area contributed by atoms with Crippen LogP contribution < -0.4 is 5.56 Å². The molecule has 0 spiro atoms. The molecule has 0 atom stereocenters. The van der Waals surface area contributed by atoms with E-state index >= 15 is 0 Å². The van der Waals surface area contributed by atoms with Crippen molar-refractivity contribution in [1.29, 1.82) is 5.26 Å². The van der Waals surface area contributed by atoms with Gasteiger partial charge < -0.3 is 5.11 Å². The summed E-state index contributed by atoms with van der Waals surface area (Å²) in [5.41, 5.74) is 0.757. The number of aliphatic imine (C=N–C) groups is 1. The third-order valence-corrected chi connectivity index (χ3v) is 3.58. The smallest absolute Gasteiger partial charge is 0.271 e. The fourth-order valence-electron chi connectivity index (χ4n) is 2.09. The van der Waals surface area contributed by atoms with Crippen molar-refractivity contribution >= 4 is 23.5 Å². The van der Waals surface area contributed by atoms with Gasteiger partial charge in [-0.15, -0.1) is 6.58 Å². The van der Waals surface area contributed by atoms with Gasteiger partial charge >= 0.3 is 0 Å². The zero-order valence-corrected chi connectivity index (χ0v) is 13.2. The molecular formula is C17H14ClN3O2. The number of pyridine rings is 1. The molecule has 2 rings (SSSR count). The van der Waals surface area contributed by atoms with Crippen LogP contribution in [0.5, 0.6) is 5.88 Å². The maximum Gasteiger partial charge on any atom is 0.271 e. The number of hydrogen-bond donors (Lipinski definition) is 1. The van der Waals surface area contributed by atoms with Crippen molar-refractivity contribution in [2.24, 2.45) is 4.99 Å². The van der Waals surface area contributed by atoms with Gasteiger partial charge in [0.2, 0.25) is 5.88 Å². The molecule has 2 aromatic rings. The molecule has 1 N–H and O–H groups in total. The molecule has 6 heteroatoms. The van der Waals surface area contributed by atoms with Gasteiger partial charge in [-0.1, -0.05) is 17.7 Å². The minimum absolute atomic E-state index is 0.0257. The lowest BCUT2D eigenvalue weighted by Gasteiger charge is -2.12. The van der Waals surface area contributed by atoms with Crippen LogP contribution in [0.2, 0.25) is 5.02 Å². The van der Waals surface area contributed by atoms with E-state index in [1.807, 2.05) is 6.07 Å². The Morgan fingerprint density at radius 2 is 2.09 bits per heavy atom. The van der Waals surface area contributed by atoms with Gasteiger partial charge in [-0.25, -0.2) is 0 Å². The predicted molar refractivity (Wildman–Crippen MR) is 90.7 cm³/mol. The summed E-state index contributed by atoms with van der Waals surface area (Å²) in [7, 11) is 0. The Morgan fingerprint density at radius 3 is 2.65 bits per heavy atom. The van der Waals surface area contributed by atoms with E-state index in [1.54, 1.807) is 31.2 Å². The monoisotopic (exact) mass is 327 g/mol. The van der Waals surface area contributed by atoms with Crippen LogP contribution in [0, 0.1) is 18.3 Å². The number of halogens is 1. The molecule has 0 saturated heterocycles. The zero-order valence-electron chi connectivity index (χ0n) is 12.5. The summed E-state index contributed by atoms with van der Waals surface area (Å²) in [6.07, 6.45) is 2.89. The standard InChI is InChI=1S/C17H14ClN3O2/c1-3-8-21-16(22)14(9-19)11(2)15(17(21)23)10-20-13-6-4-12(18)5-7-13/h3-7,10,23H,1,8H2,2H3. The third-order valence-electron chi connectivity index (χ3n) is 3.33. The van der Waals surface area contributed by atoms with Gasteiger partial charge in [0.25, 0.3) is 5.56 Å². The molecule has 0 aliphatic carbocycles. The Balaban J connectivity index is 2.59. The SMILES string of the molecule is C=CCn1c(O)c(C=Nc2ccc(Cl)cc2)c(C)c(C#N)c1=O. The third kappa shape index (κ3) is 3.33. The first kappa shape index (κ1) is 16.5. The molecule has 5 nitrogen and oxygen atoms in total. The lowest BCUT2D eigenvalue weighted by atomic mass is 10.1. The molecule has 1 heterocycles. The van der Waals surface area contributed by atoms with Crippen molar-refractivity contribution in [3.63, 3.8) is 0 Å². The largest absolute Gasteiger partial charge is 0.494 e. The lowest BCUT2D eigenvalue weighted by molar-refractivity contribution is 0.414. The van der Waals surface area contributed by atoms with Crippen LogP contribution in [0.25, 0.3) is 0 Å². The molecule has 0 fully saturated rings. The first-order chi connectivity index (χ1) is 11.0. The van der Waals surface area contributed by atoms with Crippen molar-refractivity contribution < 1.29 is 5.11 Å². The Morgan fingerprint density at radius 1 is 1.43 bits per heavy atom. The Hall–Kier alpha value is -2.84. The molecule has 0 aliphatic rings. The number of benzene rings is 1. The molecule has 0 aliphatic heterocycles. The van der Waals surface area contributed by atoms with Crippen molar-refractivity contribution in [3.05, 3.63) is 69.0 Å². The van der Waals surface area contributed by atoms with Gasteiger partial charge in [-0.2, -0.15) is 5.26 Å². The van der Waals surface area contributed by atoms with E-state index < -0.39 is 5.56 Å². The molecule has 1 aromatic carbocycles. The second kappa shape index (κ2) is 6.95. The summed E-state index contributed by atoms with van der Waals surface area (Å²) >= 11 is 5.82. The van der Waals surface area contributed by atoms with Gasteiger partial charge in [0.05, 0.1) is 11.3 Å². The van der Waals surface area contributed by atoms with Crippen LogP contribution in [0.15, 0.2) is 46.7 Å². The van der Waals surface area contributed by atoms with E-state index in [0.717, 1.165) is 4.57 Å². The predicted octanol–water partition coefficient (Wildman–Crippen LogP) is 3.32. The first-order valence-electron chi connectivity index (χ1n) is 6.76. The van der Waals surface area contributed by atoms with Crippen molar-refractivity contribution in [2.45, 2.75) is 13.5 Å². The highest BCUT2D eigenvalue weighted by Gasteiger charge is 2.17. The quantitative estimate of drug-likeness (QED) is 0.691. The highest BCUT2D eigenvalue weighted by Crippen LogP contribution is 2.22. The Labute approximate surface area is 138 Å². The molecule has 0 unspecified atom stereocenters. The number of rotatable bonds is 4. The Bertz CT molecular complexity index is 875. The number of aromatic hydroxyl groups is 1. The summed E-state index contributed by atoms with van der Waals surface area (Å²) in [5.74, 6) is -0.246. The van der Waals surface area contributed by atoms with Crippen molar-refractivity contribution in [1.82, 2.24) is 4.57 Å². The summed E-state index contributed by atoms with van der Waals surface area (Å²) in [5, 5.41) is 20.1. The van der Waals surface area contributed by atoms with E-state index in [2.05, 4.69) is 11.6 Å². The molecule has 23 heavy (non-hydrogen) atoms.